The summed E-state index contributed by atoms with van der Waals surface area (Å²) in [7, 11) is 1.58. The molecule has 3 aromatic rings. The number of hydrogen-bond donors (Lipinski definition) is 4. The number of amides is 2. The summed E-state index contributed by atoms with van der Waals surface area (Å²) in [5, 5.41) is 16.6. The van der Waals surface area contributed by atoms with Crippen LogP contribution in [0.4, 0.5) is 5.13 Å². The molecule has 200 valence electrons. The van der Waals surface area contributed by atoms with E-state index in [2.05, 4.69) is 20.6 Å². The fourth-order valence-electron chi connectivity index (χ4n) is 4.77. The van der Waals surface area contributed by atoms with Crippen LogP contribution < -0.4 is 20.3 Å². The van der Waals surface area contributed by atoms with Gasteiger partial charge in [-0.1, -0.05) is 46.7 Å². The third-order valence-electron chi connectivity index (χ3n) is 6.90. The predicted molar refractivity (Wildman–Crippen MR) is 144 cm³/mol. The number of halogens is 2. The number of hydrogen-bond acceptors (Lipinski definition) is 7. The van der Waals surface area contributed by atoms with Gasteiger partial charge in [-0.05, 0) is 24.6 Å². The van der Waals surface area contributed by atoms with Crippen molar-refractivity contribution in [1.29, 1.82) is 0 Å². The number of benzene rings is 1. The van der Waals surface area contributed by atoms with Gasteiger partial charge < -0.3 is 30.4 Å². The Morgan fingerprint density at radius 1 is 1.18 bits per heavy atom. The quantitative estimate of drug-likeness (QED) is 0.305. The Balaban J connectivity index is 1.17. The van der Waals surface area contributed by atoms with E-state index in [1.807, 2.05) is 17.0 Å². The molecule has 1 aliphatic heterocycles. The van der Waals surface area contributed by atoms with E-state index in [1.54, 1.807) is 26.2 Å². The number of nitrogens with zero attached hydrogens (tertiary/aromatic N) is 2. The molecule has 4 N–H and O–H groups in total. The lowest BCUT2D eigenvalue weighted by Crippen LogP contribution is -2.35. The highest BCUT2D eigenvalue weighted by Gasteiger charge is 2.57. The van der Waals surface area contributed by atoms with Gasteiger partial charge in [-0.25, -0.2) is 9.78 Å². The largest absolute Gasteiger partial charge is 0.497 e. The first-order chi connectivity index (χ1) is 18.2. The smallest absolute Gasteiger partial charge is 0.347 e. The summed E-state index contributed by atoms with van der Waals surface area (Å²) in [4.78, 5) is 46.5. The normalized spacial score (nSPS) is 19.7. The van der Waals surface area contributed by atoms with Crippen LogP contribution in [0.15, 0.2) is 24.3 Å². The number of piperidine rings is 1. The molecule has 10 nitrogen and oxygen atoms in total. The van der Waals surface area contributed by atoms with Gasteiger partial charge in [-0.15, -0.1) is 0 Å². The molecule has 0 radical (unpaired) electrons. The van der Waals surface area contributed by atoms with Crippen LogP contribution >= 0.6 is 34.5 Å². The highest BCUT2D eigenvalue weighted by molar-refractivity contribution is 7.17. The van der Waals surface area contributed by atoms with Gasteiger partial charge in [0.1, 0.15) is 16.3 Å². The minimum atomic E-state index is -1.11. The lowest BCUT2D eigenvalue weighted by molar-refractivity contribution is -0.120. The molecule has 0 bridgehead atoms. The second kappa shape index (κ2) is 10.5. The van der Waals surface area contributed by atoms with Crippen LogP contribution in [0, 0.1) is 18.8 Å². The Hall–Kier alpha value is -3.28. The number of carbonyl (C=O) groups is 3. The summed E-state index contributed by atoms with van der Waals surface area (Å²) >= 11 is 13.3. The number of thiazole rings is 1. The summed E-state index contributed by atoms with van der Waals surface area (Å²) in [6.45, 7) is 3.31. The second-order valence-corrected chi connectivity index (χ2v) is 11.1. The molecule has 38 heavy (non-hydrogen) atoms. The fourth-order valence-corrected chi connectivity index (χ4v) is 6.12. The summed E-state index contributed by atoms with van der Waals surface area (Å²) in [5.74, 6) is -0.570. The Morgan fingerprint density at radius 2 is 1.87 bits per heavy atom. The molecule has 5 rings (SSSR count). The summed E-state index contributed by atoms with van der Waals surface area (Å²) in [6, 6.07) is 7.30. The summed E-state index contributed by atoms with van der Waals surface area (Å²) in [5.41, 5.74) is 2.01. The first-order valence-electron chi connectivity index (χ1n) is 11.9. The molecule has 0 spiro atoms. The third kappa shape index (κ3) is 5.18. The van der Waals surface area contributed by atoms with E-state index in [0.29, 0.717) is 35.5 Å². The number of aryl methyl sites for hydroxylation is 1. The van der Waals surface area contributed by atoms with Gasteiger partial charge >= 0.3 is 5.97 Å². The number of methoxy groups -OCH3 is 1. The van der Waals surface area contributed by atoms with Crippen molar-refractivity contribution in [2.45, 2.75) is 25.9 Å². The molecule has 3 atom stereocenters. The first kappa shape index (κ1) is 26.3. The topological polar surface area (TPSA) is 137 Å². The Kier molecular flexibility index (Phi) is 7.26. The van der Waals surface area contributed by atoms with Crippen molar-refractivity contribution >= 4 is 57.5 Å². The number of carbonyl (C=O) groups excluding carboxylic acids is 2. The van der Waals surface area contributed by atoms with Crippen molar-refractivity contribution in [3.63, 3.8) is 0 Å². The molecule has 2 fully saturated rings. The van der Waals surface area contributed by atoms with E-state index in [-0.39, 0.29) is 57.4 Å². The van der Waals surface area contributed by atoms with Crippen LogP contribution in [0.2, 0.25) is 10.0 Å². The molecule has 13 heteroatoms. The van der Waals surface area contributed by atoms with Crippen molar-refractivity contribution < 1.29 is 24.2 Å². The van der Waals surface area contributed by atoms with Gasteiger partial charge in [0.05, 0.1) is 29.3 Å². The fraction of sp³-hybridized carbons (Fsp3) is 0.360. The molecular formula is C25H25Cl2N5O5S. The number of carboxylic acid groups (broad SMARTS) is 1. The molecule has 1 aliphatic carbocycles. The number of anilines is 1. The molecule has 2 aliphatic rings. The van der Waals surface area contributed by atoms with Crippen LogP contribution in [0.5, 0.6) is 5.75 Å². The van der Waals surface area contributed by atoms with E-state index in [0.717, 1.165) is 22.6 Å². The van der Waals surface area contributed by atoms with Crippen LogP contribution in [-0.4, -0.2) is 59.1 Å². The van der Waals surface area contributed by atoms with E-state index in [9.17, 15) is 19.5 Å². The molecule has 2 amide bonds. The van der Waals surface area contributed by atoms with Gasteiger partial charge in [-0.2, -0.15) is 0 Å². The number of aromatic amines is 1. The highest BCUT2D eigenvalue weighted by Crippen LogP contribution is 2.48. The average molecular weight is 578 g/mol. The average Bonchev–Trinajstić information content (AvgIpc) is 3.25. The van der Waals surface area contributed by atoms with Crippen molar-refractivity contribution in [3.8, 4) is 5.75 Å². The maximum atomic E-state index is 12.6. The van der Waals surface area contributed by atoms with Gasteiger partial charge in [0.15, 0.2) is 5.13 Å². The Labute approximate surface area is 232 Å². The van der Waals surface area contributed by atoms with Crippen LogP contribution in [0.3, 0.4) is 0 Å². The number of ether oxygens (including phenoxy) is 1. The lowest BCUT2D eigenvalue weighted by Gasteiger charge is -2.19. The molecular weight excluding hydrogens is 553 g/mol. The zero-order chi connectivity index (χ0) is 27.1. The second-order valence-electron chi connectivity index (χ2n) is 9.36. The van der Waals surface area contributed by atoms with Gasteiger partial charge in [0, 0.05) is 43.2 Å². The standard InChI is InChI=1S/C25H25Cl2N5O5S/c1-11-18(26)19(27)21(29-11)23(34)31-20-14-9-32(10-15(14)20)25-30-16(22(38-25)24(35)36)7-17(33)28-8-12-3-5-13(37-2)6-4-12/h3-6,14-15,20,29H,7-10H2,1-2H3,(H,28,33)(H,31,34)(H,35,36)/t14-,15+,20+. The van der Waals surface area contributed by atoms with Crippen LogP contribution in [-0.2, 0) is 17.8 Å². The van der Waals surface area contributed by atoms with Crippen molar-refractivity contribution in [3.05, 3.63) is 61.8 Å². The zero-order valence-corrected chi connectivity index (χ0v) is 22.8. The molecule has 2 aromatic heterocycles. The van der Waals surface area contributed by atoms with E-state index in [4.69, 9.17) is 27.9 Å². The van der Waals surface area contributed by atoms with Crippen molar-refractivity contribution in [1.82, 2.24) is 20.6 Å². The molecule has 0 unspecified atom stereocenters. The molecule has 1 saturated heterocycles. The van der Waals surface area contributed by atoms with Gasteiger partial charge in [-0.3, -0.25) is 9.59 Å². The van der Waals surface area contributed by atoms with Crippen LogP contribution in [0.25, 0.3) is 0 Å². The number of nitrogens with one attached hydrogen (secondary N) is 3. The van der Waals surface area contributed by atoms with Crippen molar-refractivity contribution in [2.24, 2.45) is 11.8 Å². The molecule has 1 aromatic carbocycles. The predicted octanol–water partition coefficient (Wildman–Crippen LogP) is 3.52. The Morgan fingerprint density at radius 3 is 2.45 bits per heavy atom. The number of rotatable bonds is 9. The minimum Gasteiger partial charge on any atom is -0.497 e. The summed E-state index contributed by atoms with van der Waals surface area (Å²) < 4.78 is 5.13. The number of H-pyrrole nitrogens is 1. The van der Waals surface area contributed by atoms with Gasteiger partial charge in [0.2, 0.25) is 5.91 Å². The number of carboxylic acids is 1. The minimum absolute atomic E-state index is 0.000641. The maximum absolute atomic E-state index is 12.6. The number of fused-ring (bicyclic) bond motifs is 1. The van der Waals surface area contributed by atoms with E-state index in [1.165, 1.54) is 0 Å². The third-order valence-corrected chi connectivity index (χ3v) is 8.99. The molecule has 1 saturated carbocycles. The van der Waals surface area contributed by atoms with Crippen molar-refractivity contribution in [2.75, 3.05) is 25.1 Å². The lowest BCUT2D eigenvalue weighted by atomic mass is 10.2. The van der Waals surface area contributed by atoms with Crippen LogP contribution in [0.1, 0.15) is 37.1 Å². The van der Waals surface area contributed by atoms with Gasteiger partial charge in [0.25, 0.3) is 5.91 Å². The number of aromatic nitrogens is 2. The summed E-state index contributed by atoms with van der Waals surface area (Å²) in [6.07, 6.45) is -0.132. The van der Waals surface area contributed by atoms with E-state index >= 15 is 0 Å². The Bertz CT molecular complexity index is 1390. The van der Waals surface area contributed by atoms with E-state index < -0.39 is 5.97 Å². The monoisotopic (exact) mass is 577 g/mol. The first-order valence-corrected chi connectivity index (χ1v) is 13.5. The molecule has 3 heterocycles. The SMILES string of the molecule is COc1ccc(CNC(=O)Cc2nc(N3C[C@@H]4[C@H](C3)[C@H]4NC(=O)c3[nH]c(C)c(Cl)c3Cl)sc2C(=O)O)cc1. The number of aromatic carboxylic acids is 1. The zero-order valence-electron chi connectivity index (χ0n) is 20.5. The maximum Gasteiger partial charge on any atom is 0.347 e. The highest BCUT2D eigenvalue weighted by atomic mass is 35.5.